The van der Waals surface area contributed by atoms with E-state index in [4.69, 9.17) is 0 Å². The molecule has 0 bridgehead atoms. The standard InChI is InChI=1S/C13H13N3O2S2/c1-2-11-15-16-13(20-11)14-10(17)8-19-12(18)9-6-4-3-5-7-9/h3-7H,2,8H2,1H3,(H,14,16,17). The number of anilines is 1. The molecule has 1 amide bonds. The zero-order valence-electron chi connectivity index (χ0n) is 10.8. The van der Waals surface area contributed by atoms with Crippen molar-refractivity contribution >= 4 is 39.3 Å². The number of carbonyl (C=O) groups is 2. The molecule has 7 heteroatoms. The lowest BCUT2D eigenvalue weighted by atomic mass is 10.2. The van der Waals surface area contributed by atoms with E-state index in [1.165, 1.54) is 11.3 Å². The summed E-state index contributed by atoms with van der Waals surface area (Å²) in [4.78, 5) is 23.5. The van der Waals surface area contributed by atoms with Crippen LogP contribution in [0.3, 0.4) is 0 Å². The number of hydrogen-bond donors (Lipinski definition) is 1. The normalized spacial score (nSPS) is 10.2. The molecule has 2 rings (SSSR count). The third-order valence-corrected chi connectivity index (χ3v) is 4.25. The Bertz CT molecular complexity index is 599. The summed E-state index contributed by atoms with van der Waals surface area (Å²) in [5.41, 5.74) is 0.592. The number of nitrogens with one attached hydrogen (secondary N) is 1. The van der Waals surface area contributed by atoms with Crippen LogP contribution < -0.4 is 5.32 Å². The fraction of sp³-hybridized carbons (Fsp3) is 0.231. The highest BCUT2D eigenvalue weighted by Gasteiger charge is 2.11. The van der Waals surface area contributed by atoms with Crippen LogP contribution in [0.2, 0.25) is 0 Å². The van der Waals surface area contributed by atoms with Gasteiger partial charge in [-0.25, -0.2) is 0 Å². The Morgan fingerprint density at radius 3 is 2.65 bits per heavy atom. The first-order valence-electron chi connectivity index (χ1n) is 6.03. The number of aryl methyl sites for hydroxylation is 1. The lowest BCUT2D eigenvalue weighted by molar-refractivity contribution is -0.113. The molecule has 1 N–H and O–H groups in total. The molecule has 0 radical (unpaired) electrons. The van der Waals surface area contributed by atoms with E-state index in [-0.39, 0.29) is 16.8 Å². The maximum Gasteiger partial charge on any atom is 0.236 e. The van der Waals surface area contributed by atoms with Crippen LogP contribution in [0.1, 0.15) is 22.3 Å². The van der Waals surface area contributed by atoms with Gasteiger partial charge in [0.15, 0.2) is 0 Å². The zero-order valence-corrected chi connectivity index (χ0v) is 12.5. The summed E-state index contributed by atoms with van der Waals surface area (Å²) < 4.78 is 0. The molecule has 1 aromatic carbocycles. The van der Waals surface area contributed by atoms with E-state index in [0.29, 0.717) is 10.7 Å². The summed E-state index contributed by atoms with van der Waals surface area (Å²) in [5.74, 6) is -0.188. The van der Waals surface area contributed by atoms with Gasteiger partial charge in [0, 0.05) is 5.56 Å². The van der Waals surface area contributed by atoms with Crippen molar-refractivity contribution in [3.8, 4) is 0 Å². The Labute approximate surface area is 124 Å². The van der Waals surface area contributed by atoms with Gasteiger partial charge < -0.3 is 0 Å². The van der Waals surface area contributed by atoms with E-state index in [9.17, 15) is 9.59 Å². The maximum absolute atomic E-state index is 11.8. The van der Waals surface area contributed by atoms with E-state index in [1.54, 1.807) is 24.3 Å². The predicted molar refractivity (Wildman–Crippen MR) is 81.1 cm³/mol. The van der Waals surface area contributed by atoms with Crippen molar-refractivity contribution < 1.29 is 9.59 Å². The number of nitrogens with zero attached hydrogens (tertiary/aromatic N) is 2. The van der Waals surface area contributed by atoms with Gasteiger partial charge in [0.25, 0.3) is 0 Å². The van der Waals surface area contributed by atoms with Gasteiger partial charge >= 0.3 is 0 Å². The zero-order chi connectivity index (χ0) is 14.4. The number of amides is 1. The van der Waals surface area contributed by atoms with Crippen molar-refractivity contribution in [1.82, 2.24) is 10.2 Å². The van der Waals surface area contributed by atoms with Crippen molar-refractivity contribution in [1.29, 1.82) is 0 Å². The Kier molecular flexibility index (Phi) is 5.25. The Morgan fingerprint density at radius 2 is 2.00 bits per heavy atom. The minimum Gasteiger partial charge on any atom is -0.300 e. The third-order valence-electron chi connectivity index (χ3n) is 2.36. The van der Waals surface area contributed by atoms with E-state index in [0.717, 1.165) is 23.2 Å². The van der Waals surface area contributed by atoms with Gasteiger partial charge in [-0.1, -0.05) is 60.4 Å². The second kappa shape index (κ2) is 7.16. The molecule has 0 saturated carbocycles. The molecule has 1 heterocycles. The highest BCUT2D eigenvalue weighted by atomic mass is 32.2. The number of carbonyl (C=O) groups excluding carboxylic acids is 2. The van der Waals surface area contributed by atoms with Crippen molar-refractivity contribution in [2.45, 2.75) is 13.3 Å². The molecule has 5 nitrogen and oxygen atoms in total. The van der Waals surface area contributed by atoms with Crippen LogP contribution in [-0.2, 0) is 11.2 Å². The average Bonchev–Trinajstić information content (AvgIpc) is 2.93. The number of thioether (sulfide) groups is 1. The van der Waals surface area contributed by atoms with Crippen LogP contribution in [0.4, 0.5) is 5.13 Å². The first-order chi connectivity index (χ1) is 9.69. The fourth-order valence-electron chi connectivity index (χ4n) is 1.39. The van der Waals surface area contributed by atoms with Crippen molar-refractivity contribution in [2.24, 2.45) is 0 Å². The van der Waals surface area contributed by atoms with Gasteiger partial charge in [-0.2, -0.15) is 0 Å². The van der Waals surface area contributed by atoms with Gasteiger partial charge in [0.2, 0.25) is 16.2 Å². The summed E-state index contributed by atoms with van der Waals surface area (Å²) in [6.45, 7) is 1.97. The quantitative estimate of drug-likeness (QED) is 0.919. The number of hydrogen-bond acceptors (Lipinski definition) is 6. The van der Waals surface area contributed by atoms with E-state index >= 15 is 0 Å². The smallest absolute Gasteiger partial charge is 0.236 e. The average molecular weight is 307 g/mol. The van der Waals surface area contributed by atoms with Crippen LogP contribution >= 0.6 is 23.1 Å². The van der Waals surface area contributed by atoms with Crippen LogP contribution in [-0.4, -0.2) is 27.0 Å². The van der Waals surface area contributed by atoms with E-state index in [2.05, 4.69) is 15.5 Å². The summed E-state index contributed by atoms with van der Waals surface area (Å²) in [6, 6.07) is 8.88. The minimum absolute atomic E-state index is 0.0643. The molecule has 104 valence electrons. The molecule has 0 aliphatic rings. The number of benzene rings is 1. The molecular weight excluding hydrogens is 294 g/mol. The summed E-state index contributed by atoms with van der Waals surface area (Å²) in [5, 5.41) is 11.6. The van der Waals surface area contributed by atoms with Crippen LogP contribution in [0.25, 0.3) is 0 Å². The van der Waals surface area contributed by atoms with Gasteiger partial charge in [-0.3, -0.25) is 14.9 Å². The Balaban J connectivity index is 1.82. The van der Waals surface area contributed by atoms with Crippen LogP contribution in [0, 0.1) is 0 Å². The topological polar surface area (TPSA) is 72.0 Å². The summed E-state index contributed by atoms with van der Waals surface area (Å²) >= 11 is 2.32. The SMILES string of the molecule is CCc1nnc(NC(=O)CSC(=O)c2ccccc2)s1. The van der Waals surface area contributed by atoms with E-state index < -0.39 is 0 Å². The highest BCUT2D eigenvalue weighted by molar-refractivity contribution is 8.14. The van der Waals surface area contributed by atoms with Crippen LogP contribution in [0.5, 0.6) is 0 Å². The number of rotatable bonds is 5. The minimum atomic E-state index is -0.252. The molecule has 0 spiro atoms. The predicted octanol–water partition coefficient (Wildman–Crippen LogP) is 2.61. The van der Waals surface area contributed by atoms with Gasteiger partial charge in [0.05, 0.1) is 5.75 Å². The molecule has 0 aliphatic heterocycles. The first kappa shape index (κ1) is 14.7. The van der Waals surface area contributed by atoms with Crippen molar-refractivity contribution in [3.63, 3.8) is 0 Å². The Morgan fingerprint density at radius 1 is 1.25 bits per heavy atom. The lowest BCUT2D eigenvalue weighted by Crippen LogP contribution is -2.15. The summed E-state index contributed by atoms with van der Waals surface area (Å²) in [7, 11) is 0. The third kappa shape index (κ3) is 4.14. The van der Waals surface area contributed by atoms with Crippen molar-refractivity contribution in [3.05, 3.63) is 40.9 Å². The molecule has 0 aliphatic carbocycles. The molecule has 1 aromatic heterocycles. The maximum atomic E-state index is 11.8. The van der Waals surface area contributed by atoms with E-state index in [1.807, 2.05) is 13.0 Å². The van der Waals surface area contributed by atoms with Crippen molar-refractivity contribution in [2.75, 3.05) is 11.1 Å². The monoisotopic (exact) mass is 307 g/mol. The van der Waals surface area contributed by atoms with Crippen LogP contribution in [0.15, 0.2) is 30.3 Å². The number of aromatic nitrogens is 2. The first-order valence-corrected chi connectivity index (χ1v) is 7.83. The molecule has 0 atom stereocenters. The molecular formula is C13H13N3O2S2. The fourth-order valence-corrected chi connectivity index (χ4v) is 2.72. The molecule has 20 heavy (non-hydrogen) atoms. The molecule has 0 unspecified atom stereocenters. The lowest BCUT2D eigenvalue weighted by Gasteiger charge is -2.01. The second-order valence-electron chi connectivity index (χ2n) is 3.84. The second-order valence-corrected chi connectivity index (χ2v) is 5.86. The molecule has 2 aromatic rings. The van der Waals surface area contributed by atoms with Gasteiger partial charge in [0.1, 0.15) is 5.01 Å². The molecule has 0 fully saturated rings. The molecule has 0 saturated heterocycles. The Hall–Kier alpha value is -1.73. The largest absolute Gasteiger partial charge is 0.300 e. The van der Waals surface area contributed by atoms with Gasteiger partial charge in [-0.15, -0.1) is 10.2 Å². The van der Waals surface area contributed by atoms with Gasteiger partial charge in [-0.05, 0) is 6.42 Å². The summed E-state index contributed by atoms with van der Waals surface area (Å²) in [6.07, 6.45) is 0.786. The highest BCUT2D eigenvalue weighted by Crippen LogP contribution is 2.17.